The number of carbonyl (C=O) groups is 2. The van der Waals surface area contributed by atoms with Gasteiger partial charge in [0.05, 0.1) is 17.8 Å². The van der Waals surface area contributed by atoms with Crippen molar-refractivity contribution >= 4 is 22.6 Å². The van der Waals surface area contributed by atoms with Crippen LogP contribution >= 0.6 is 0 Å². The summed E-state index contributed by atoms with van der Waals surface area (Å²) in [5.74, 6) is 4.59. The number of hydrogen-bond acceptors (Lipinski definition) is 4. The number of aromatic carboxylic acids is 1. The number of carbonyl (C=O) groups excluding carboxylic acids is 1. The van der Waals surface area contributed by atoms with E-state index in [4.69, 9.17) is 5.84 Å². The van der Waals surface area contributed by atoms with Crippen molar-refractivity contribution in [3.63, 3.8) is 0 Å². The van der Waals surface area contributed by atoms with Crippen LogP contribution in [0.3, 0.4) is 0 Å². The fourth-order valence-corrected chi connectivity index (χ4v) is 2.86. The Morgan fingerprint density at radius 2 is 1.91 bits per heavy atom. The summed E-state index contributed by atoms with van der Waals surface area (Å²) in [4.78, 5) is 37.3. The van der Waals surface area contributed by atoms with E-state index in [9.17, 15) is 19.5 Å². The number of nitrogen functional groups attached to an aromatic ring is 1. The number of carboxylic acids is 1. The van der Waals surface area contributed by atoms with Crippen LogP contribution in [0.25, 0.3) is 10.8 Å². The molecule has 2 heterocycles. The molecule has 1 saturated heterocycles. The highest BCUT2D eigenvalue weighted by Gasteiger charge is 2.26. The van der Waals surface area contributed by atoms with Crippen LogP contribution in [0.1, 0.15) is 28.9 Å². The maximum Gasteiger partial charge on any atom is 0.338 e. The summed E-state index contributed by atoms with van der Waals surface area (Å²) in [5.41, 5.74) is -0.355. The summed E-state index contributed by atoms with van der Waals surface area (Å²) >= 11 is 0. The molecule has 1 aromatic carbocycles. The highest BCUT2D eigenvalue weighted by molar-refractivity contribution is 6.04. The predicted octanol–water partition coefficient (Wildman–Crippen LogP) is 0.536. The third-order valence-corrected chi connectivity index (χ3v) is 3.95. The van der Waals surface area contributed by atoms with Gasteiger partial charge in [-0.1, -0.05) is 18.2 Å². The second kappa shape index (κ2) is 5.18. The third kappa shape index (κ3) is 2.11. The summed E-state index contributed by atoms with van der Waals surface area (Å²) in [6.45, 7) is 0.565. The van der Waals surface area contributed by atoms with Crippen molar-refractivity contribution in [3.8, 4) is 0 Å². The molecule has 1 fully saturated rings. The van der Waals surface area contributed by atoms with Crippen molar-refractivity contribution in [1.29, 1.82) is 0 Å². The zero-order chi connectivity index (χ0) is 15.9. The lowest BCUT2D eigenvalue weighted by Crippen LogP contribution is -2.36. The number of amides is 1. The van der Waals surface area contributed by atoms with Gasteiger partial charge in [0.15, 0.2) is 0 Å². The molecule has 1 aliphatic rings. The van der Waals surface area contributed by atoms with Gasteiger partial charge in [-0.15, -0.1) is 0 Å². The van der Waals surface area contributed by atoms with Crippen LogP contribution in [-0.4, -0.2) is 33.1 Å². The van der Waals surface area contributed by atoms with E-state index in [-0.39, 0.29) is 29.1 Å². The number of carboxylic acid groups (broad SMARTS) is 1. The van der Waals surface area contributed by atoms with Gasteiger partial charge in [0.2, 0.25) is 5.91 Å². The average Bonchev–Trinajstić information content (AvgIpc) is 2.89. The first kappa shape index (κ1) is 14.1. The van der Waals surface area contributed by atoms with Crippen molar-refractivity contribution in [3.05, 3.63) is 45.9 Å². The summed E-state index contributed by atoms with van der Waals surface area (Å²) in [7, 11) is 0. The molecule has 114 valence electrons. The fraction of sp³-hybridized carbons (Fsp3) is 0.267. The number of hydrogen-bond donors (Lipinski definition) is 2. The molecule has 1 amide bonds. The van der Waals surface area contributed by atoms with Gasteiger partial charge in [-0.2, -0.15) is 0 Å². The van der Waals surface area contributed by atoms with Crippen LogP contribution in [0.5, 0.6) is 0 Å². The van der Waals surface area contributed by atoms with Crippen LogP contribution in [0.4, 0.5) is 0 Å². The number of likely N-dealkylation sites (tertiary alicyclic amines) is 1. The molecule has 1 aromatic heterocycles. The zero-order valence-corrected chi connectivity index (χ0v) is 11.8. The van der Waals surface area contributed by atoms with Gasteiger partial charge in [-0.3, -0.25) is 9.59 Å². The molecule has 0 atom stereocenters. The molecule has 0 aliphatic carbocycles. The van der Waals surface area contributed by atoms with E-state index in [1.165, 1.54) is 11.0 Å². The number of fused-ring (bicyclic) bond motifs is 1. The van der Waals surface area contributed by atoms with Gasteiger partial charge in [-0.25, -0.2) is 9.47 Å². The first-order chi connectivity index (χ1) is 10.5. The molecule has 1 aliphatic heterocycles. The van der Waals surface area contributed by atoms with E-state index in [2.05, 4.69) is 0 Å². The number of pyridine rings is 1. The molecule has 3 N–H and O–H groups in total. The third-order valence-electron chi connectivity index (χ3n) is 3.95. The van der Waals surface area contributed by atoms with Crippen LogP contribution in [0, 0.1) is 0 Å². The minimum absolute atomic E-state index is 0.0248. The SMILES string of the molecule is Nn1c(CN2CCCC2=O)c(C(=O)O)c2ccccc2c1=O. The van der Waals surface area contributed by atoms with Crippen molar-refractivity contribution < 1.29 is 14.7 Å². The summed E-state index contributed by atoms with van der Waals surface area (Å²) < 4.78 is 0.845. The smallest absolute Gasteiger partial charge is 0.338 e. The van der Waals surface area contributed by atoms with Gasteiger partial charge in [0, 0.05) is 23.7 Å². The summed E-state index contributed by atoms with van der Waals surface area (Å²) in [6, 6.07) is 6.44. The van der Waals surface area contributed by atoms with E-state index in [1.54, 1.807) is 18.2 Å². The number of aromatic nitrogens is 1. The highest BCUT2D eigenvalue weighted by Crippen LogP contribution is 2.22. The maximum atomic E-state index is 12.3. The van der Waals surface area contributed by atoms with Crippen LogP contribution in [0.2, 0.25) is 0 Å². The molecule has 22 heavy (non-hydrogen) atoms. The fourth-order valence-electron chi connectivity index (χ4n) is 2.86. The molecule has 0 radical (unpaired) electrons. The van der Waals surface area contributed by atoms with Crippen molar-refractivity contribution in [2.75, 3.05) is 12.4 Å². The Bertz CT molecular complexity index is 841. The highest BCUT2D eigenvalue weighted by atomic mass is 16.4. The molecule has 7 heteroatoms. The minimum atomic E-state index is -1.17. The second-order valence-corrected chi connectivity index (χ2v) is 5.27. The zero-order valence-electron chi connectivity index (χ0n) is 11.8. The van der Waals surface area contributed by atoms with E-state index in [1.807, 2.05) is 0 Å². The molecule has 7 nitrogen and oxygen atoms in total. The Balaban J connectivity index is 2.26. The summed E-state index contributed by atoms with van der Waals surface area (Å²) in [6.07, 6.45) is 1.16. The lowest BCUT2D eigenvalue weighted by atomic mass is 10.0. The van der Waals surface area contributed by atoms with Gasteiger partial charge in [-0.05, 0) is 12.5 Å². The molecular formula is C15H15N3O4. The maximum absolute atomic E-state index is 12.3. The molecule has 3 rings (SSSR count). The quantitative estimate of drug-likeness (QED) is 0.805. The first-order valence-corrected chi connectivity index (χ1v) is 6.93. The number of benzene rings is 1. The van der Waals surface area contributed by atoms with Gasteiger partial charge in [0.1, 0.15) is 0 Å². The van der Waals surface area contributed by atoms with E-state index >= 15 is 0 Å². The predicted molar refractivity (Wildman–Crippen MR) is 80.0 cm³/mol. The molecule has 0 bridgehead atoms. The standard InChI is InChI=1S/C15H15N3O4/c16-18-11(8-17-7-3-6-12(17)19)13(15(21)22)9-4-1-2-5-10(9)14(18)20/h1-2,4-5H,3,6-8,16H2,(H,21,22). The Hall–Kier alpha value is -2.83. The molecular weight excluding hydrogens is 286 g/mol. The number of nitrogens with zero attached hydrogens (tertiary/aromatic N) is 2. The Morgan fingerprint density at radius 3 is 2.50 bits per heavy atom. The average molecular weight is 301 g/mol. The van der Waals surface area contributed by atoms with Crippen molar-refractivity contribution in [2.24, 2.45) is 0 Å². The topological polar surface area (TPSA) is 106 Å². The molecule has 0 unspecified atom stereocenters. The Morgan fingerprint density at radius 1 is 1.23 bits per heavy atom. The number of nitrogens with two attached hydrogens (primary N) is 1. The second-order valence-electron chi connectivity index (χ2n) is 5.27. The van der Waals surface area contributed by atoms with E-state index in [0.29, 0.717) is 18.4 Å². The minimum Gasteiger partial charge on any atom is -0.478 e. The van der Waals surface area contributed by atoms with Crippen molar-refractivity contribution in [2.45, 2.75) is 19.4 Å². The van der Waals surface area contributed by atoms with Gasteiger partial charge >= 0.3 is 5.97 Å². The van der Waals surface area contributed by atoms with Crippen LogP contribution in [-0.2, 0) is 11.3 Å². The summed E-state index contributed by atoms with van der Waals surface area (Å²) in [5, 5.41) is 10.1. The van der Waals surface area contributed by atoms with E-state index < -0.39 is 11.5 Å². The lowest BCUT2D eigenvalue weighted by Gasteiger charge is -2.20. The van der Waals surface area contributed by atoms with Gasteiger partial charge in [0.25, 0.3) is 5.56 Å². The van der Waals surface area contributed by atoms with E-state index in [0.717, 1.165) is 11.1 Å². The monoisotopic (exact) mass is 301 g/mol. The largest absolute Gasteiger partial charge is 0.478 e. The first-order valence-electron chi connectivity index (χ1n) is 6.93. The Labute approximate surface area is 125 Å². The molecule has 0 saturated carbocycles. The molecule has 0 spiro atoms. The van der Waals surface area contributed by atoms with Crippen molar-refractivity contribution in [1.82, 2.24) is 9.58 Å². The normalized spacial score (nSPS) is 14.7. The van der Waals surface area contributed by atoms with Gasteiger partial charge < -0.3 is 15.8 Å². The molecule has 2 aromatic rings. The van der Waals surface area contributed by atoms with Crippen LogP contribution < -0.4 is 11.4 Å². The lowest BCUT2D eigenvalue weighted by molar-refractivity contribution is -0.128. The Kier molecular flexibility index (Phi) is 3.32. The number of rotatable bonds is 3. The van der Waals surface area contributed by atoms with Crippen LogP contribution in [0.15, 0.2) is 29.1 Å².